The molecule has 1 amide bonds. The van der Waals surface area contributed by atoms with Crippen molar-refractivity contribution in [1.29, 1.82) is 0 Å². The molecule has 0 aliphatic rings. The highest BCUT2D eigenvalue weighted by Crippen LogP contribution is 1.97. The molecule has 0 spiro atoms. The van der Waals surface area contributed by atoms with Crippen LogP contribution in [0.25, 0.3) is 0 Å². The van der Waals surface area contributed by atoms with Crippen molar-refractivity contribution in [3.63, 3.8) is 0 Å². The second kappa shape index (κ2) is 9.55. The lowest BCUT2D eigenvalue weighted by Crippen LogP contribution is -2.23. The maximum Gasteiger partial charge on any atom is 0.353 e. The maximum atomic E-state index is 11.0. The minimum Gasteiger partial charge on any atom is -0.352 e. The molecule has 0 saturated carbocycles. The van der Waals surface area contributed by atoms with Crippen molar-refractivity contribution in [2.45, 2.75) is 13.3 Å². The average Bonchev–Trinajstić information content (AvgIpc) is 2.28. The van der Waals surface area contributed by atoms with E-state index >= 15 is 0 Å². The first-order chi connectivity index (χ1) is 8.83. The fraction of sp³-hybridized carbons (Fsp3) is 0.250. The molecule has 1 rings (SSSR count). The van der Waals surface area contributed by atoms with Crippen LogP contribution in [-0.2, 0) is 20.5 Å². The molecule has 0 fully saturated rings. The summed E-state index contributed by atoms with van der Waals surface area (Å²) in [4.78, 5) is 11.0. The van der Waals surface area contributed by atoms with Crippen LogP contribution in [0.15, 0.2) is 42.5 Å². The van der Waals surface area contributed by atoms with Gasteiger partial charge in [-0.3, -0.25) is 9.35 Å². The fourth-order valence-electron chi connectivity index (χ4n) is 1.19. The molecule has 0 radical (unpaired) electrons. The SMILES string of the molecule is C/C=C/C(=O)NCCc1ccccc1.O=S(=O)(O)Cl. The van der Waals surface area contributed by atoms with Gasteiger partial charge in [0.05, 0.1) is 0 Å². The van der Waals surface area contributed by atoms with Gasteiger partial charge in [-0.05, 0) is 25.0 Å². The summed E-state index contributed by atoms with van der Waals surface area (Å²) >= 11 is 0. The number of carbonyl (C=O) groups excluding carboxylic acids is 1. The Hall–Kier alpha value is -1.37. The molecule has 106 valence electrons. The van der Waals surface area contributed by atoms with E-state index in [-0.39, 0.29) is 5.91 Å². The van der Waals surface area contributed by atoms with E-state index in [1.54, 1.807) is 6.08 Å². The zero-order valence-electron chi connectivity index (χ0n) is 10.4. The van der Waals surface area contributed by atoms with Crippen LogP contribution in [-0.4, -0.2) is 25.4 Å². The van der Waals surface area contributed by atoms with Gasteiger partial charge in [0.15, 0.2) is 0 Å². The smallest absolute Gasteiger partial charge is 0.352 e. The highest BCUT2D eigenvalue weighted by molar-refractivity contribution is 8.09. The number of benzene rings is 1. The third-order valence-corrected chi connectivity index (χ3v) is 1.87. The van der Waals surface area contributed by atoms with E-state index in [9.17, 15) is 4.79 Å². The van der Waals surface area contributed by atoms with Crippen LogP contribution in [0.5, 0.6) is 0 Å². The van der Waals surface area contributed by atoms with Crippen LogP contribution >= 0.6 is 10.7 Å². The summed E-state index contributed by atoms with van der Waals surface area (Å²) in [5.41, 5.74) is 1.24. The fourth-order valence-corrected chi connectivity index (χ4v) is 1.19. The topological polar surface area (TPSA) is 83.5 Å². The van der Waals surface area contributed by atoms with Gasteiger partial charge >= 0.3 is 9.33 Å². The largest absolute Gasteiger partial charge is 0.353 e. The minimum absolute atomic E-state index is 0.0246. The Kier molecular flexibility index (Phi) is 8.86. The van der Waals surface area contributed by atoms with Crippen molar-refractivity contribution in [2.24, 2.45) is 0 Å². The average molecular weight is 306 g/mol. The van der Waals surface area contributed by atoms with Crippen LogP contribution < -0.4 is 5.32 Å². The first-order valence-corrected chi connectivity index (χ1v) is 7.71. The minimum atomic E-state index is -4.19. The van der Waals surface area contributed by atoms with Gasteiger partial charge in [0.1, 0.15) is 0 Å². The molecule has 5 nitrogen and oxygen atoms in total. The number of rotatable bonds is 4. The molecule has 0 unspecified atom stereocenters. The molecular weight excluding hydrogens is 290 g/mol. The second-order valence-electron chi connectivity index (χ2n) is 3.44. The van der Waals surface area contributed by atoms with Crippen molar-refractivity contribution in [1.82, 2.24) is 5.32 Å². The van der Waals surface area contributed by atoms with E-state index < -0.39 is 9.33 Å². The van der Waals surface area contributed by atoms with Crippen molar-refractivity contribution < 1.29 is 17.8 Å². The van der Waals surface area contributed by atoms with Crippen molar-refractivity contribution in [3.05, 3.63) is 48.0 Å². The molecule has 1 aromatic carbocycles. The molecule has 0 bridgehead atoms. The first kappa shape index (κ1) is 17.6. The molecule has 0 saturated heterocycles. The standard InChI is InChI=1S/C12H15NO.ClHO3S/c1-2-6-12(14)13-10-9-11-7-4-3-5-8-11;1-5(2,3)4/h2-8H,9-10H2,1H3,(H,13,14);(H,2,3,4)/b6-2+;. The maximum absolute atomic E-state index is 11.0. The molecule has 1 aromatic rings. The first-order valence-electron chi connectivity index (χ1n) is 5.44. The highest BCUT2D eigenvalue weighted by atomic mass is 35.7. The molecular formula is C12H16ClNO4S. The molecule has 2 N–H and O–H groups in total. The van der Waals surface area contributed by atoms with Gasteiger partial charge in [-0.2, -0.15) is 8.42 Å². The lowest BCUT2D eigenvalue weighted by molar-refractivity contribution is -0.116. The molecule has 19 heavy (non-hydrogen) atoms. The number of halogens is 1. The Morgan fingerprint density at radius 1 is 1.37 bits per heavy atom. The van der Waals surface area contributed by atoms with Gasteiger partial charge in [0, 0.05) is 17.2 Å². The van der Waals surface area contributed by atoms with E-state index in [1.807, 2.05) is 25.1 Å². The monoisotopic (exact) mass is 305 g/mol. The van der Waals surface area contributed by atoms with Gasteiger partial charge in [0.25, 0.3) is 0 Å². The molecule has 0 aliphatic carbocycles. The van der Waals surface area contributed by atoms with E-state index in [1.165, 1.54) is 11.6 Å². The lowest BCUT2D eigenvalue weighted by atomic mass is 10.1. The van der Waals surface area contributed by atoms with E-state index in [4.69, 9.17) is 13.0 Å². The van der Waals surface area contributed by atoms with Crippen molar-refractivity contribution >= 4 is 25.9 Å². The van der Waals surface area contributed by atoms with E-state index in [0.29, 0.717) is 6.54 Å². The van der Waals surface area contributed by atoms with E-state index in [0.717, 1.165) is 6.42 Å². The number of allylic oxidation sites excluding steroid dienone is 1. The number of carbonyl (C=O) groups is 1. The number of nitrogens with one attached hydrogen (secondary N) is 1. The summed E-state index contributed by atoms with van der Waals surface area (Å²) in [7, 11) is -0.137. The van der Waals surface area contributed by atoms with Gasteiger partial charge in [-0.1, -0.05) is 36.4 Å². The summed E-state index contributed by atoms with van der Waals surface area (Å²) in [5, 5.41) is 2.81. The van der Waals surface area contributed by atoms with Crippen molar-refractivity contribution in [3.8, 4) is 0 Å². The Bertz CT molecular complexity index is 492. The highest BCUT2D eigenvalue weighted by Gasteiger charge is 1.94. The summed E-state index contributed by atoms with van der Waals surface area (Å²) in [6, 6.07) is 10.1. The number of hydrogen-bond acceptors (Lipinski definition) is 3. The quantitative estimate of drug-likeness (QED) is 0.506. The summed E-state index contributed by atoms with van der Waals surface area (Å²) in [6.45, 7) is 2.52. The Labute approximate surface area is 117 Å². The van der Waals surface area contributed by atoms with Crippen molar-refractivity contribution in [2.75, 3.05) is 6.54 Å². The van der Waals surface area contributed by atoms with Gasteiger partial charge < -0.3 is 5.32 Å². The van der Waals surface area contributed by atoms with Gasteiger partial charge in [0.2, 0.25) is 5.91 Å². The third kappa shape index (κ3) is 14.6. The van der Waals surface area contributed by atoms with E-state index in [2.05, 4.69) is 28.1 Å². The molecule has 7 heteroatoms. The molecule has 0 aromatic heterocycles. The number of amides is 1. The van der Waals surface area contributed by atoms with Gasteiger partial charge in [-0.15, -0.1) is 0 Å². The van der Waals surface area contributed by atoms with Crippen LogP contribution in [0.2, 0.25) is 0 Å². The summed E-state index contributed by atoms with van der Waals surface area (Å²) in [6.07, 6.45) is 4.15. The summed E-state index contributed by atoms with van der Waals surface area (Å²) < 4.78 is 25.2. The van der Waals surface area contributed by atoms with Crippen LogP contribution in [0.1, 0.15) is 12.5 Å². The predicted octanol–water partition coefficient (Wildman–Crippen LogP) is 1.95. The Morgan fingerprint density at radius 3 is 2.37 bits per heavy atom. The lowest BCUT2D eigenvalue weighted by Gasteiger charge is -2.01. The Morgan fingerprint density at radius 2 is 1.89 bits per heavy atom. The number of hydrogen-bond donors (Lipinski definition) is 2. The predicted molar refractivity (Wildman–Crippen MR) is 75.4 cm³/mol. The summed E-state index contributed by atoms with van der Waals surface area (Å²) in [5.74, 6) is -0.0246. The van der Waals surface area contributed by atoms with Crippen LogP contribution in [0, 0.1) is 0 Å². The van der Waals surface area contributed by atoms with Gasteiger partial charge in [-0.25, -0.2) is 0 Å². The molecule has 0 aliphatic heterocycles. The molecule has 0 heterocycles. The molecule has 0 atom stereocenters. The Balaban J connectivity index is 0.000000555. The van der Waals surface area contributed by atoms with Crippen LogP contribution in [0.3, 0.4) is 0 Å². The second-order valence-corrected chi connectivity index (χ2v) is 5.43. The zero-order valence-corrected chi connectivity index (χ0v) is 12.0. The third-order valence-electron chi connectivity index (χ3n) is 1.87. The normalized spacial score (nSPS) is 10.7. The van der Waals surface area contributed by atoms with Crippen LogP contribution in [0.4, 0.5) is 0 Å². The zero-order chi connectivity index (χ0) is 14.7.